The van der Waals surface area contributed by atoms with Gasteiger partial charge in [-0.15, -0.1) is 11.8 Å². The van der Waals surface area contributed by atoms with Gasteiger partial charge >= 0.3 is 0 Å². The molecule has 3 atom stereocenters. The molecule has 0 aromatic carbocycles. The minimum absolute atomic E-state index is 0.0790. The first-order valence-electron chi connectivity index (χ1n) is 5.57. The van der Waals surface area contributed by atoms with Gasteiger partial charge in [0.2, 0.25) is 0 Å². The molecule has 3 N–H and O–H groups in total. The van der Waals surface area contributed by atoms with Gasteiger partial charge in [0.1, 0.15) is 0 Å². The van der Waals surface area contributed by atoms with E-state index in [1.54, 1.807) is 18.0 Å². The Bertz CT molecular complexity index is 292. The maximum atomic E-state index is 8.90. The smallest absolute Gasteiger partial charge is 0.0463 e. The molecule has 1 rings (SSSR count). The lowest BCUT2D eigenvalue weighted by Crippen LogP contribution is -2.24. The zero-order valence-electron chi connectivity index (χ0n) is 9.84. The molecule has 16 heavy (non-hydrogen) atoms. The van der Waals surface area contributed by atoms with E-state index >= 15 is 0 Å². The van der Waals surface area contributed by atoms with Crippen LogP contribution in [0.25, 0.3) is 0 Å². The first kappa shape index (κ1) is 13.5. The van der Waals surface area contributed by atoms with Crippen LogP contribution in [0.2, 0.25) is 0 Å². The van der Waals surface area contributed by atoms with E-state index in [1.165, 1.54) is 0 Å². The zero-order chi connectivity index (χ0) is 12.0. The molecule has 0 aliphatic heterocycles. The fourth-order valence-electron chi connectivity index (χ4n) is 1.55. The minimum Gasteiger partial charge on any atom is -0.396 e. The van der Waals surface area contributed by atoms with Gasteiger partial charge in [0.25, 0.3) is 0 Å². The zero-order valence-corrected chi connectivity index (χ0v) is 10.7. The summed E-state index contributed by atoms with van der Waals surface area (Å²) in [5, 5.41) is 9.55. The van der Waals surface area contributed by atoms with Gasteiger partial charge in [-0.2, -0.15) is 0 Å². The third-order valence-electron chi connectivity index (χ3n) is 2.41. The van der Waals surface area contributed by atoms with Gasteiger partial charge in [0.05, 0.1) is 0 Å². The molecule has 1 aromatic heterocycles. The maximum absolute atomic E-state index is 8.90. The molecule has 0 spiro atoms. The van der Waals surface area contributed by atoms with Crippen LogP contribution in [0.5, 0.6) is 0 Å². The molecule has 0 fully saturated rings. The van der Waals surface area contributed by atoms with Crippen molar-refractivity contribution in [3.8, 4) is 0 Å². The van der Waals surface area contributed by atoms with Crippen LogP contribution >= 0.6 is 11.8 Å². The Kier molecular flexibility index (Phi) is 5.80. The summed E-state index contributed by atoms with van der Waals surface area (Å²) in [5.41, 5.74) is 7.16. The van der Waals surface area contributed by atoms with Crippen LogP contribution in [0.1, 0.15) is 31.1 Å². The number of thioether (sulfide) groups is 1. The molecule has 0 saturated heterocycles. The van der Waals surface area contributed by atoms with Gasteiger partial charge in [-0.05, 0) is 25.0 Å². The lowest BCUT2D eigenvalue weighted by Gasteiger charge is -2.23. The third kappa shape index (κ3) is 4.12. The summed E-state index contributed by atoms with van der Waals surface area (Å²) in [4.78, 5) is 4.12. The Balaban J connectivity index is 2.69. The lowest BCUT2D eigenvalue weighted by atomic mass is 10.1. The summed E-state index contributed by atoms with van der Waals surface area (Å²) in [5.74, 6) is 0. The molecule has 3 nitrogen and oxygen atoms in total. The number of aliphatic hydroxyl groups is 1. The molecule has 0 radical (unpaired) electrons. The number of pyridine rings is 1. The van der Waals surface area contributed by atoms with Gasteiger partial charge in [0.15, 0.2) is 0 Å². The third-order valence-corrected chi connectivity index (χ3v) is 4.10. The highest BCUT2D eigenvalue weighted by Crippen LogP contribution is 2.34. The van der Waals surface area contributed by atoms with E-state index in [0.29, 0.717) is 5.25 Å². The topological polar surface area (TPSA) is 59.1 Å². The Hall–Kier alpha value is -0.580. The number of hydrogen-bond acceptors (Lipinski definition) is 4. The first-order chi connectivity index (χ1) is 7.65. The lowest BCUT2D eigenvalue weighted by molar-refractivity contribution is 0.288. The van der Waals surface area contributed by atoms with Crippen molar-refractivity contribution < 1.29 is 5.11 Å². The van der Waals surface area contributed by atoms with Gasteiger partial charge in [-0.25, -0.2) is 0 Å². The normalized spacial score (nSPS) is 16.8. The van der Waals surface area contributed by atoms with Crippen LogP contribution in [-0.4, -0.2) is 28.0 Å². The second-order valence-electron chi connectivity index (χ2n) is 4.03. The van der Waals surface area contributed by atoms with Crippen molar-refractivity contribution in [2.24, 2.45) is 5.73 Å². The Morgan fingerprint density at radius 2 is 2.25 bits per heavy atom. The molecule has 90 valence electrons. The van der Waals surface area contributed by atoms with Crippen molar-refractivity contribution in [3.63, 3.8) is 0 Å². The molecule has 0 amide bonds. The monoisotopic (exact) mass is 240 g/mol. The van der Waals surface area contributed by atoms with Crippen molar-refractivity contribution in [2.45, 2.75) is 36.8 Å². The van der Waals surface area contributed by atoms with Gasteiger partial charge < -0.3 is 10.8 Å². The van der Waals surface area contributed by atoms with Gasteiger partial charge in [-0.1, -0.05) is 13.0 Å². The average Bonchev–Trinajstić information content (AvgIpc) is 2.27. The molecular weight excluding hydrogens is 220 g/mol. The molecule has 3 unspecified atom stereocenters. The summed E-state index contributed by atoms with van der Waals surface area (Å²) < 4.78 is 0. The predicted molar refractivity (Wildman–Crippen MR) is 69.4 cm³/mol. The number of rotatable bonds is 6. The van der Waals surface area contributed by atoms with E-state index in [0.717, 1.165) is 12.0 Å². The standard InChI is InChI=1S/C12H20N2OS/c1-9(5-7-15)16-12(10(2)13)11-4-3-6-14-8-11/h3-4,6,8-10,12,15H,5,7,13H2,1-2H3. The molecule has 0 aliphatic rings. The number of hydrogen-bond donors (Lipinski definition) is 2. The first-order valence-corrected chi connectivity index (χ1v) is 6.51. The van der Waals surface area contributed by atoms with Crippen LogP contribution < -0.4 is 5.73 Å². The van der Waals surface area contributed by atoms with E-state index < -0.39 is 0 Å². The molecule has 0 aliphatic carbocycles. The summed E-state index contributed by atoms with van der Waals surface area (Å²) in [6.07, 6.45) is 4.43. The molecule has 1 aromatic rings. The van der Waals surface area contributed by atoms with Crippen LogP contribution in [0.3, 0.4) is 0 Å². The van der Waals surface area contributed by atoms with E-state index in [4.69, 9.17) is 10.8 Å². The number of aliphatic hydroxyl groups excluding tert-OH is 1. The van der Waals surface area contributed by atoms with Crippen LogP contribution in [-0.2, 0) is 0 Å². The van der Waals surface area contributed by atoms with Crippen molar-refractivity contribution in [1.29, 1.82) is 0 Å². The minimum atomic E-state index is 0.0790. The van der Waals surface area contributed by atoms with Crippen LogP contribution in [0.4, 0.5) is 0 Å². The second kappa shape index (κ2) is 6.89. The van der Waals surface area contributed by atoms with Crippen molar-refractivity contribution >= 4 is 11.8 Å². The SMILES string of the molecule is CC(CCO)SC(c1cccnc1)C(C)N. The van der Waals surface area contributed by atoms with Crippen molar-refractivity contribution in [2.75, 3.05) is 6.61 Å². The van der Waals surface area contributed by atoms with Crippen LogP contribution in [0.15, 0.2) is 24.5 Å². The summed E-state index contributed by atoms with van der Waals surface area (Å²) in [6.45, 7) is 4.36. The highest BCUT2D eigenvalue weighted by molar-refractivity contribution is 8.00. The molecule has 0 saturated carbocycles. The molecular formula is C12H20N2OS. The highest BCUT2D eigenvalue weighted by Gasteiger charge is 2.19. The van der Waals surface area contributed by atoms with E-state index in [9.17, 15) is 0 Å². The number of nitrogens with two attached hydrogens (primary N) is 1. The van der Waals surface area contributed by atoms with Crippen molar-refractivity contribution in [1.82, 2.24) is 4.98 Å². The van der Waals surface area contributed by atoms with Gasteiger partial charge in [-0.3, -0.25) is 4.98 Å². The average molecular weight is 240 g/mol. The number of nitrogens with zero attached hydrogens (tertiary/aromatic N) is 1. The summed E-state index contributed by atoms with van der Waals surface area (Å²) >= 11 is 1.81. The number of aromatic nitrogens is 1. The fourth-order valence-corrected chi connectivity index (χ4v) is 2.84. The maximum Gasteiger partial charge on any atom is 0.0463 e. The Morgan fingerprint density at radius 1 is 1.50 bits per heavy atom. The Labute approximate surface area is 101 Å². The summed E-state index contributed by atoms with van der Waals surface area (Å²) in [7, 11) is 0. The van der Waals surface area contributed by atoms with E-state index in [-0.39, 0.29) is 17.9 Å². The van der Waals surface area contributed by atoms with E-state index in [1.807, 2.05) is 19.2 Å². The quantitative estimate of drug-likeness (QED) is 0.798. The molecule has 4 heteroatoms. The summed E-state index contributed by atoms with van der Waals surface area (Å²) in [6, 6.07) is 4.07. The Morgan fingerprint density at radius 3 is 2.75 bits per heavy atom. The largest absolute Gasteiger partial charge is 0.396 e. The fraction of sp³-hybridized carbons (Fsp3) is 0.583. The highest BCUT2D eigenvalue weighted by atomic mass is 32.2. The molecule has 0 bridgehead atoms. The van der Waals surface area contributed by atoms with E-state index in [2.05, 4.69) is 18.0 Å². The van der Waals surface area contributed by atoms with Crippen molar-refractivity contribution in [3.05, 3.63) is 30.1 Å². The van der Waals surface area contributed by atoms with Crippen LogP contribution in [0, 0.1) is 0 Å². The second-order valence-corrected chi connectivity index (χ2v) is 5.61. The predicted octanol–water partition coefficient (Wildman–Crippen LogP) is 1.97. The van der Waals surface area contributed by atoms with Gasteiger partial charge in [0, 0.05) is 35.5 Å². The molecule has 1 heterocycles.